The van der Waals surface area contributed by atoms with Crippen molar-refractivity contribution < 1.29 is 9.53 Å². The highest BCUT2D eigenvalue weighted by Crippen LogP contribution is 2.06. The molecule has 0 bridgehead atoms. The summed E-state index contributed by atoms with van der Waals surface area (Å²) >= 11 is 5.71. The lowest BCUT2D eigenvalue weighted by atomic mass is 10.1. The molecule has 0 unspecified atom stereocenters. The third-order valence-corrected chi connectivity index (χ3v) is 2.57. The molecule has 1 aromatic carbocycles. The van der Waals surface area contributed by atoms with Gasteiger partial charge in [-0.1, -0.05) is 24.0 Å². The number of benzene rings is 1. The maximum absolute atomic E-state index is 11.4. The summed E-state index contributed by atoms with van der Waals surface area (Å²) in [5, 5.41) is 2.66. The summed E-state index contributed by atoms with van der Waals surface area (Å²) in [4.78, 5) is 11.4. The first-order chi connectivity index (χ1) is 9.40. The monoisotopic (exact) mass is 293 g/mol. The number of ether oxygens (including phenoxy) is 1. The van der Waals surface area contributed by atoms with Crippen LogP contribution < -0.4 is 5.32 Å². The number of alkyl carbamates (subject to hydrolysis) is 1. The predicted molar refractivity (Wildman–Crippen MR) is 81.7 cm³/mol. The Morgan fingerprint density at radius 3 is 2.50 bits per heavy atom. The Balaban J connectivity index is 2.30. The Bertz CT molecular complexity index is 492. The normalized spacial score (nSPS) is 10.4. The van der Waals surface area contributed by atoms with Gasteiger partial charge in [-0.25, -0.2) is 4.79 Å². The number of nitrogens with one attached hydrogen (secondary N) is 1. The molecule has 0 saturated heterocycles. The first-order valence-corrected chi connectivity index (χ1v) is 7.05. The number of hydrogen-bond donors (Lipinski definition) is 1. The third kappa shape index (κ3) is 7.06. The van der Waals surface area contributed by atoms with Crippen molar-refractivity contribution in [2.24, 2.45) is 0 Å². The Labute approximate surface area is 125 Å². The van der Waals surface area contributed by atoms with Gasteiger partial charge in [0.15, 0.2) is 0 Å². The van der Waals surface area contributed by atoms with Gasteiger partial charge in [0.1, 0.15) is 5.60 Å². The summed E-state index contributed by atoms with van der Waals surface area (Å²) in [6.45, 7) is 5.96. The van der Waals surface area contributed by atoms with Crippen LogP contribution in [0.2, 0.25) is 0 Å². The summed E-state index contributed by atoms with van der Waals surface area (Å²) in [7, 11) is 0. The number of alkyl halides is 1. The smallest absolute Gasteiger partial charge is 0.407 e. The van der Waals surface area contributed by atoms with Crippen molar-refractivity contribution in [2.75, 3.05) is 6.54 Å². The zero-order chi connectivity index (χ0) is 15.0. The molecule has 1 rings (SSSR count). The van der Waals surface area contributed by atoms with Gasteiger partial charge in [0.25, 0.3) is 0 Å². The zero-order valence-corrected chi connectivity index (χ0v) is 12.9. The Morgan fingerprint density at radius 1 is 1.30 bits per heavy atom. The van der Waals surface area contributed by atoms with Crippen LogP contribution in [0.15, 0.2) is 24.3 Å². The van der Waals surface area contributed by atoms with E-state index in [1.807, 2.05) is 45.0 Å². The molecule has 0 radical (unpaired) electrons. The Kier molecular flexibility index (Phi) is 6.41. The van der Waals surface area contributed by atoms with E-state index in [2.05, 4.69) is 17.2 Å². The van der Waals surface area contributed by atoms with Crippen molar-refractivity contribution in [3.8, 4) is 11.8 Å². The fraction of sp³-hybridized carbons (Fsp3) is 0.438. The molecule has 20 heavy (non-hydrogen) atoms. The van der Waals surface area contributed by atoms with Crippen LogP contribution in [0.25, 0.3) is 0 Å². The van der Waals surface area contributed by atoms with E-state index in [-0.39, 0.29) is 0 Å². The molecule has 0 atom stereocenters. The maximum atomic E-state index is 11.4. The number of carbonyl (C=O) groups is 1. The van der Waals surface area contributed by atoms with Crippen LogP contribution in [0.1, 0.15) is 38.3 Å². The minimum Gasteiger partial charge on any atom is -0.444 e. The van der Waals surface area contributed by atoms with E-state index in [1.165, 1.54) is 0 Å². The molecule has 1 aromatic rings. The maximum Gasteiger partial charge on any atom is 0.407 e. The van der Waals surface area contributed by atoms with E-state index in [1.54, 1.807) is 0 Å². The van der Waals surface area contributed by atoms with Crippen LogP contribution in [0, 0.1) is 11.8 Å². The lowest BCUT2D eigenvalue weighted by Gasteiger charge is -2.19. The molecule has 0 saturated carbocycles. The van der Waals surface area contributed by atoms with Crippen molar-refractivity contribution in [1.29, 1.82) is 0 Å². The van der Waals surface area contributed by atoms with Crippen LogP contribution in [0.5, 0.6) is 0 Å². The van der Waals surface area contributed by atoms with Crippen LogP contribution in [0.3, 0.4) is 0 Å². The van der Waals surface area contributed by atoms with E-state index in [4.69, 9.17) is 16.3 Å². The van der Waals surface area contributed by atoms with Gasteiger partial charge < -0.3 is 10.1 Å². The van der Waals surface area contributed by atoms with Crippen LogP contribution >= 0.6 is 11.6 Å². The Morgan fingerprint density at radius 2 is 1.95 bits per heavy atom. The predicted octanol–water partition coefficient (Wildman–Crippen LogP) is 3.69. The molecule has 4 heteroatoms. The van der Waals surface area contributed by atoms with Gasteiger partial charge in [-0.05, 0) is 38.5 Å². The molecule has 1 N–H and O–H groups in total. The quantitative estimate of drug-likeness (QED) is 0.524. The second-order valence-corrected chi connectivity index (χ2v) is 5.58. The van der Waals surface area contributed by atoms with Crippen molar-refractivity contribution >= 4 is 17.7 Å². The molecule has 0 aromatic heterocycles. The van der Waals surface area contributed by atoms with E-state index < -0.39 is 11.7 Å². The van der Waals surface area contributed by atoms with Crippen molar-refractivity contribution in [3.05, 3.63) is 35.4 Å². The fourth-order valence-electron chi connectivity index (χ4n) is 1.38. The molecular weight excluding hydrogens is 274 g/mol. The number of amides is 1. The topological polar surface area (TPSA) is 38.3 Å². The highest BCUT2D eigenvalue weighted by Gasteiger charge is 2.15. The minimum absolute atomic E-state index is 0.411. The van der Waals surface area contributed by atoms with Crippen molar-refractivity contribution in [3.63, 3.8) is 0 Å². The van der Waals surface area contributed by atoms with Crippen molar-refractivity contribution in [2.45, 2.75) is 38.7 Å². The lowest BCUT2D eigenvalue weighted by molar-refractivity contribution is 0.0529. The van der Waals surface area contributed by atoms with Gasteiger partial charge >= 0.3 is 6.09 Å². The van der Waals surface area contributed by atoms with E-state index in [0.717, 1.165) is 11.1 Å². The SMILES string of the molecule is CC(C)(C)OC(=O)NCCC#Cc1ccc(CCl)cc1. The Hall–Kier alpha value is -1.66. The van der Waals surface area contributed by atoms with Crippen molar-refractivity contribution in [1.82, 2.24) is 5.32 Å². The van der Waals surface area contributed by atoms with Crippen LogP contribution in [0.4, 0.5) is 4.79 Å². The average molecular weight is 294 g/mol. The molecule has 0 aliphatic carbocycles. The highest BCUT2D eigenvalue weighted by atomic mass is 35.5. The van der Waals surface area contributed by atoms with Gasteiger partial charge in [-0.2, -0.15) is 0 Å². The summed E-state index contributed by atoms with van der Waals surface area (Å²) in [5.41, 5.74) is 1.54. The zero-order valence-electron chi connectivity index (χ0n) is 12.1. The van der Waals surface area contributed by atoms with Gasteiger partial charge in [-0.3, -0.25) is 0 Å². The lowest BCUT2D eigenvalue weighted by Crippen LogP contribution is -2.32. The average Bonchev–Trinajstić information content (AvgIpc) is 2.37. The second kappa shape index (κ2) is 7.81. The summed E-state index contributed by atoms with van der Waals surface area (Å²) in [6.07, 6.45) is 0.169. The molecule has 0 heterocycles. The van der Waals surface area contributed by atoms with E-state index in [9.17, 15) is 4.79 Å². The number of carbonyl (C=O) groups excluding carboxylic acids is 1. The van der Waals surface area contributed by atoms with E-state index in [0.29, 0.717) is 18.8 Å². The molecule has 108 valence electrons. The first-order valence-electron chi connectivity index (χ1n) is 6.51. The molecule has 1 amide bonds. The first kappa shape index (κ1) is 16.4. The van der Waals surface area contributed by atoms with Gasteiger partial charge in [0, 0.05) is 24.4 Å². The number of hydrogen-bond acceptors (Lipinski definition) is 2. The molecule has 0 aliphatic heterocycles. The van der Waals surface area contributed by atoms with Gasteiger partial charge in [0.05, 0.1) is 0 Å². The molecule has 0 aliphatic rings. The summed E-state index contributed by atoms with van der Waals surface area (Å²) < 4.78 is 5.12. The fourth-order valence-corrected chi connectivity index (χ4v) is 1.56. The van der Waals surface area contributed by atoms with Gasteiger partial charge in [-0.15, -0.1) is 11.6 Å². The third-order valence-electron chi connectivity index (χ3n) is 2.26. The molecule has 3 nitrogen and oxygen atoms in total. The van der Waals surface area contributed by atoms with Crippen LogP contribution in [-0.4, -0.2) is 18.2 Å². The van der Waals surface area contributed by atoms with Gasteiger partial charge in [0.2, 0.25) is 0 Å². The second-order valence-electron chi connectivity index (χ2n) is 5.31. The number of rotatable bonds is 3. The minimum atomic E-state index is -0.472. The molecular formula is C16H20ClNO2. The van der Waals surface area contributed by atoms with E-state index >= 15 is 0 Å². The molecule has 0 spiro atoms. The standard InChI is InChI=1S/C16H20ClNO2/c1-16(2,3)20-15(19)18-11-5-4-6-13-7-9-14(12-17)10-8-13/h7-10H,5,11-12H2,1-3H3,(H,18,19). The van der Waals surface area contributed by atoms with Crippen LogP contribution in [-0.2, 0) is 10.6 Å². The highest BCUT2D eigenvalue weighted by molar-refractivity contribution is 6.17. The largest absolute Gasteiger partial charge is 0.444 e. The number of halogens is 1. The summed E-state index contributed by atoms with van der Waals surface area (Å²) in [6, 6.07) is 7.78. The molecule has 0 fully saturated rings. The summed E-state index contributed by atoms with van der Waals surface area (Å²) in [5.74, 6) is 6.54.